The summed E-state index contributed by atoms with van der Waals surface area (Å²) >= 11 is 0. The Kier molecular flexibility index (Phi) is 5.65. The minimum absolute atomic E-state index is 0.0859. The van der Waals surface area contributed by atoms with Crippen molar-refractivity contribution in [2.24, 2.45) is 5.73 Å². The quantitative estimate of drug-likeness (QED) is 0.296. The van der Waals surface area contributed by atoms with Crippen molar-refractivity contribution in [1.82, 2.24) is 0 Å². The van der Waals surface area contributed by atoms with Crippen LogP contribution in [0.5, 0.6) is 0 Å². The van der Waals surface area contributed by atoms with E-state index in [4.69, 9.17) is 10.8 Å². The summed E-state index contributed by atoms with van der Waals surface area (Å²) < 4.78 is 9.16. The molecule has 0 bridgehead atoms. The first-order valence-corrected chi connectivity index (χ1v) is 4.43. The number of nitrogens with two attached hydrogens (primary N) is 1. The van der Waals surface area contributed by atoms with Crippen LogP contribution in [0.25, 0.3) is 0 Å². The second-order valence-electron chi connectivity index (χ2n) is 3.19. The molecule has 0 aliphatic carbocycles. The molecule has 7 nitrogen and oxygen atoms in total. The Morgan fingerprint density at radius 2 is 1.88 bits per heavy atom. The number of rotatable bonds is 6. The number of hydrogen-bond acceptors (Lipinski definition) is 6. The van der Waals surface area contributed by atoms with Crippen molar-refractivity contribution in [2.75, 3.05) is 0 Å². The standard InChI is InChI=1S/C9H15NO6/c1-4(2)7(13)15-9(5(3)11)16-8(14)6(10)12/h5,8-9,11,14H,1H2,2-3H3,(H2,10,12). The van der Waals surface area contributed by atoms with Gasteiger partial charge in [0, 0.05) is 5.57 Å². The summed E-state index contributed by atoms with van der Waals surface area (Å²) in [7, 11) is 0. The molecule has 0 saturated heterocycles. The van der Waals surface area contributed by atoms with Gasteiger partial charge >= 0.3 is 5.97 Å². The lowest BCUT2D eigenvalue weighted by atomic mass is 10.3. The molecular weight excluding hydrogens is 218 g/mol. The van der Waals surface area contributed by atoms with Gasteiger partial charge in [-0.05, 0) is 13.8 Å². The number of ether oxygens (including phenoxy) is 2. The summed E-state index contributed by atoms with van der Waals surface area (Å²) in [5, 5.41) is 18.2. The smallest absolute Gasteiger partial charge is 0.335 e. The van der Waals surface area contributed by atoms with E-state index in [2.05, 4.69) is 16.1 Å². The highest BCUT2D eigenvalue weighted by atomic mass is 16.7. The van der Waals surface area contributed by atoms with E-state index in [1.165, 1.54) is 13.8 Å². The minimum atomic E-state index is -1.96. The zero-order chi connectivity index (χ0) is 12.9. The molecule has 3 atom stereocenters. The van der Waals surface area contributed by atoms with E-state index >= 15 is 0 Å². The highest BCUT2D eigenvalue weighted by Gasteiger charge is 2.26. The Bertz CT molecular complexity index is 288. The van der Waals surface area contributed by atoms with E-state index in [1.54, 1.807) is 0 Å². The van der Waals surface area contributed by atoms with E-state index in [1.807, 2.05) is 0 Å². The van der Waals surface area contributed by atoms with Crippen LogP contribution in [0.1, 0.15) is 13.8 Å². The summed E-state index contributed by atoms with van der Waals surface area (Å²) in [4.78, 5) is 21.6. The number of carbonyl (C=O) groups excluding carboxylic acids is 2. The summed E-state index contributed by atoms with van der Waals surface area (Å²) in [6.07, 6.45) is -4.69. The SMILES string of the molecule is C=C(C)C(=O)OC(OC(O)C(N)=O)C(C)O. The third kappa shape index (κ3) is 4.87. The average molecular weight is 233 g/mol. The van der Waals surface area contributed by atoms with Crippen LogP contribution >= 0.6 is 0 Å². The molecule has 0 heterocycles. The van der Waals surface area contributed by atoms with Crippen molar-refractivity contribution in [1.29, 1.82) is 0 Å². The largest absolute Gasteiger partial charge is 0.429 e. The summed E-state index contributed by atoms with van der Waals surface area (Å²) in [5.41, 5.74) is 4.81. The third-order valence-corrected chi connectivity index (χ3v) is 1.47. The number of primary amides is 1. The van der Waals surface area contributed by atoms with Gasteiger partial charge in [-0.25, -0.2) is 4.79 Å². The molecule has 1 amide bonds. The molecular formula is C9H15NO6. The molecule has 16 heavy (non-hydrogen) atoms. The molecule has 3 unspecified atom stereocenters. The Hall–Kier alpha value is -1.44. The molecule has 0 fully saturated rings. The van der Waals surface area contributed by atoms with E-state index in [9.17, 15) is 14.7 Å². The number of esters is 1. The Morgan fingerprint density at radius 1 is 1.38 bits per heavy atom. The van der Waals surface area contributed by atoms with Crippen LogP contribution in [-0.2, 0) is 19.1 Å². The maximum absolute atomic E-state index is 11.1. The molecule has 7 heteroatoms. The Labute approximate surface area is 92.4 Å². The van der Waals surface area contributed by atoms with Gasteiger partial charge in [0.2, 0.25) is 12.6 Å². The van der Waals surface area contributed by atoms with Gasteiger partial charge in [0.15, 0.2) is 0 Å². The average Bonchev–Trinajstić information content (AvgIpc) is 2.15. The first kappa shape index (κ1) is 14.6. The lowest BCUT2D eigenvalue weighted by Gasteiger charge is -2.22. The molecule has 0 saturated carbocycles. The zero-order valence-corrected chi connectivity index (χ0v) is 9.04. The first-order chi connectivity index (χ1) is 7.25. The molecule has 0 aliphatic heterocycles. The van der Waals surface area contributed by atoms with Gasteiger partial charge in [0.05, 0.1) is 0 Å². The molecule has 0 rings (SSSR count). The van der Waals surface area contributed by atoms with E-state index in [0.717, 1.165) is 0 Å². The van der Waals surface area contributed by atoms with Gasteiger partial charge in [0.25, 0.3) is 5.91 Å². The second kappa shape index (κ2) is 6.21. The van der Waals surface area contributed by atoms with Gasteiger partial charge in [-0.2, -0.15) is 0 Å². The van der Waals surface area contributed by atoms with E-state index in [-0.39, 0.29) is 5.57 Å². The number of aliphatic hydroxyl groups excluding tert-OH is 2. The maximum atomic E-state index is 11.1. The Morgan fingerprint density at radius 3 is 2.19 bits per heavy atom. The van der Waals surface area contributed by atoms with Crippen molar-refractivity contribution in [3.63, 3.8) is 0 Å². The normalized spacial score (nSPS) is 16.0. The van der Waals surface area contributed by atoms with Crippen molar-refractivity contribution in [2.45, 2.75) is 32.5 Å². The van der Waals surface area contributed by atoms with Gasteiger partial charge in [-0.15, -0.1) is 0 Å². The fraction of sp³-hybridized carbons (Fsp3) is 0.556. The van der Waals surface area contributed by atoms with Gasteiger partial charge in [-0.3, -0.25) is 4.79 Å². The van der Waals surface area contributed by atoms with Crippen LogP contribution in [0.15, 0.2) is 12.2 Å². The number of aliphatic hydroxyl groups is 2. The fourth-order valence-electron chi connectivity index (χ4n) is 0.640. The van der Waals surface area contributed by atoms with Gasteiger partial charge < -0.3 is 25.4 Å². The zero-order valence-electron chi connectivity index (χ0n) is 9.04. The fourth-order valence-corrected chi connectivity index (χ4v) is 0.640. The van der Waals surface area contributed by atoms with Crippen LogP contribution in [0.2, 0.25) is 0 Å². The molecule has 0 aromatic rings. The summed E-state index contributed by atoms with van der Waals surface area (Å²) in [5.74, 6) is -1.97. The minimum Gasteiger partial charge on any atom is -0.429 e. The maximum Gasteiger partial charge on any atom is 0.335 e. The monoisotopic (exact) mass is 233 g/mol. The highest BCUT2D eigenvalue weighted by Crippen LogP contribution is 2.07. The molecule has 0 spiro atoms. The predicted molar refractivity (Wildman–Crippen MR) is 52.7 cm³/mol. The van der Waals surface area contributed by atoms with Crippen molar-refractivity contribution in [3.8, 4) is 0 Å². The molecule has 92 valence electrons. The van der Waals surface area contributed by atoms with Crippen LogP contribution in [0.4, 0.5) is 0 Å². The van der Waals surface area contributed by atoms with E-state index in [0.29, 0.717) is 0 Å². The molecule has 0 radical (unpaired) electrons. The van der Waals surface area contributed by atoms with Crippen molar-refractivity contribution >= 4 is 11.9 Å². The molecule has 0 aliphatic rings. The van der Waals surface area contributed by atoms with Crippen molar-refractivity contribution in [3.05, 3.63) is 12.2 Å². The van der Waals surface area contributed by atoms with Crippen LogP contribution in [0, 0.1) is 0 Å². The molecule has 0 aromatic carbocycles. The summed E-state index contributed by atoms with van der Waals surface area (Å²) in [6.45, 7) is 5.96. The van der Waals surface area contributed by atoms with Crippen LogP contribution in [0.3, 0.4) is 0 Å². The highest BCUT2D eigenvalue weighted by molar-refractivity contribution is 5.87. The Balaban J connectivity index is 4.45. The van der Waals surface area contributed by atoms with Crippen LogP contribution < -0.4 is 5.73 Å². The molecule has 4 N–H and O–H groups in total. The van der Waals surface area contributed by atoms with Gasteiger partial charge in [0.1, 0.15) is 6.10 Å². The lowest BCUT2D eigenvalue weighted by molar-refractivity contribution is -0.243. The second-order valence-corrected chi connectivity index (χ2v) is 3.19. The number of hydrogen-bond donors (Lipinski definition) is 3. The molecule has 0 aromatic heterocycles. The summed E-state index contributed by atoms with van der Waals surface area (Å²) in [6, 6.07) is 0. The van der Waals surface area contributed by atoms with Crippen molar-refractivity contribution < 1.29 is 29.3 Å². The predicted octanol–water partition coefficient (Wildman–Crippen LogP) is -1.37. The topological polar surface area (TPSA) is 119 Å². The third-order valence-electron chi connectivity index (χ3n) is 1.47. The first-order valence-electron chi connectivity index (χ1n) is 4.43. The lowest BCUT2D eigenvalue weighted by Crippen LogP contribution is -2.40. The van der Waals surface area contributed by atoms with Crippen LogP contribution in [-0.4, -0.2) is 40.8 Å². The van der Waals surface area contributed by atoms with E-state index < -0.39 is 30.6 Å². The number of carbonyl (C=O) groups is 2. The van der Waals surface area contributed by atoms with Gasteiger partial charge in [-0.1, -0.05) is 6.58 Å². The number of amides is 1.